The van der Waals surface area contributed by atoms with Gasteiger partial charge in [-0.1, -0.05) is 38.0 Å². The lowest BCUT2D eigenvalue weighted by molar-refractivity contribution is 0.102. The largest absolute Gasteiger partial charge is 0.490 e. The van der Waals surface area contributed by atoms with Crippen LogP contribution in [0.2, 0.25) is 0 Å². The van der Waals surface area contributed by atoms with Crippen molar-refractivity contribution in [2.45, 2.75) is 58.3 Å². The van der Waals surface area contributed by atoms with Crippen LogP contribution in [0.5, 0.6) is 11.5 Å². The van der Waals surface area contributed by atoms with Crippen LogP contribution in [0.3, 0.4) is 0 Å². The van der Waals surface area contributed by atoms with E-state index in [1.807, 2.05) is 13.8 Å². The highest BCUT2D eigenvalue weighted by atomic mass is 32.2. The van der Waals surface area contributed by atoms with E-state index in [1.165, 1.54) is 11.3 Å². The lowest BCUT2D eigenvalue weighted by Crippen LogP contribution is -2.33. The summed E-state index contributed by atoms with van der Waals surface area (Å²) in [6.45, 7) is 9.80. The third kappa shape index (κ3) is 6.74. The zero-order valence-corrected chi connectivity index (χ0v) is 23.0. The molecule has 0 unspecified atom stereocenters. The van der Waals surface area contributed by atoms with Crippen LogP contribution in [-0.2, 0) is 10.0 Å². The molecule has 0 aliphatic carbocycles. The Labute approximate surface area is 217 Å². The van der Waals surface area contributed by atoms with E-state index >= 15 is 0 Å². The number of carbonyl (C=O) groups is 1. The van der Waals surface area contributed by atoms with Crippen molar-refractivity contribution in [3.05, 3.63) is 42.0 Å². The second-order valence-corrected chi connectivity index (χ2v) is 11.2. The maximum Gasteiger partial charge on any atom is 0.257 e. The van der Waals surface area contributed by atoms with E-state index < -0.39 is 10.0 Å². The van der Waals surface area contributed by atoms with Gasteiger partial charge in [-0.2, -0.15) is 4.31 Å². The number of benzene rings is 2. The fourth-order valence-corrected chi connectivity index (χ4v) is 6.17. The average molecular weight is 534 g/mol. The molecule has 1 amide bonds. The highest BCUT2D eigenvalue weighted by Gasteiger charge is 2.24. The van der Waals surface area contributed by atoms with Gasteiger partial charge in [0.25, 0.3) is 5.91 Å². The highest BCUT2D eigenvalue weighted by Crippen LogP contribution is 2.31. The Morgan fingerprint density at radius 2 is 1.61 bits per heavy atom. The molecule has 0 atom stereocenters. The normalized spacial score (nSPS) is 11.7. The quantitative estimate of drug-likeness (QED) is 0.276. The van der Waals surface area contributed by atoms with Crippen molar-refractivity contribution in [3.63, 3.8) is 0 Å². The Morgan fingerprint density at radius 3 is 2.25 bits per heavy atom. The molecule has 0 aliphatic heterocycles. The molecule has 2 aromatic carbocycles. The number of thiazole rings is 1. The maximum atomic E-state index is 13.3. The number of ether oxygens (including phenoxy) is 2. The number of sulfonamides is 1. The minimum Gasteiger partial charge on any atom is -0.490 e. The van der Waals surface area contributed by atoms with E-state index in [-0.39, 0.29) is 10.8 Å². The van der Waals surface area contributed by atoms with Crippen LogP contribution in [0, 0.1) is 0 Å². The van der Waals surface area contributed by atoms with E-state index in [0.717, 1.165) is 25.7 Å². The van der Waals surface area contributed by atoms with Crippen LogP contribution < -0.4 is 14.8 Å². The first-order valence-electron chi connectivity index (χ1n) is 12.5. The summed E-state index contributed by atoms with van der Waals surface area (Å²) in [5.74, 6) is 0.745. The first kappa shape index (κ1) is 27.9. The highest BCUT2D eigenvalue weighted by molar-refractivity contribution is 7.89. The SMILES string of the molecule is CCCCN(CCCC)S(=O)(=O)c1ccc2nc(NC(=O)c3ccc(OCC)c(OCC)c3)sc2c1. The number of nitrogens with one attached hydrogen (secondary N) is 1. The Kier molecular flexibility index (Phi) is 10.1. The topological polar surface area (TPSA) is 97.8 Å². The van der Waals surface area contributed by atoms with Gasteiger partial charge in [0.1, 0.15) is 0 Å². The van der Waals surface area contributed by atoms with Gasteiger partial charge in [0.2, 0.25) is 10.0 Å². The van der Waals surface area contributed by atoms with Gasteiger partial charge in [-0.05, 0) is 63.1 Å². The average Bonchev–Trinajstić information content (AvgIpc) is 3.26. The number of unbranched alkanes of at least 4 members (excludes halogenated alkanes) is 2. The summed E-state index contributed by atoms with van der Waals surface area (Å²) in [7, 11) is -3.61. The number of nitrogens with zero attached hydrogens (tertiary/aromatic N) is 2. The fourth-order valence-electron chi connectivity index (χ4n) is 3.65. The number of anilines is 1. The monoisotopic (exact) mass is 533 g/mol. The van der Waals surface area contributed by atoms with Gasteiger partial charge in [0.05, 0.1) is 28.3 Å². The van der Waals surface area contributed by atoms with Crippen LogP contribution in [-0.4, -0.2) is 49.9 Å². The summed E-state index contributed by atoms with van der Waals surface area (Å²) in [5.41, 5.74) is 1.04. The van der Waals surface area contributed by atoms with Crippen molar-refractivity contribution in [2.24, 2.45) is 0 Å². The molecule has 8 nitrogen and oxygen atoms in total. The number of amides is 1. The van der Waals surface area contributed by atoms with Crippen molar-refractivity contribution < 1.29 is 22.7 Å². The third-order valence-corrected chi connectivity index (χ3v) is 8.37. The molecular formula is C26H35N3O5S2. The molecule has 0 aliphatic rings. The molecule has 3 aromatic rings. The summed E-state index contributed by atoms with van der Waals surface area (Å²) in [6, 6.07) is 9.95. The Bertz CT molecular complexity index is 1270. The second-order valence-electron chi connectivity index (χ2n) is 8.24. The molecule has 1 N–H and O–H groups in total. The van der Waals surface area contributed by atoms with E-state index in [2.05, 4.69) is 24.1 Å². The van der Waals surface area contributed by atoms with Crippen molar-refractivity contribution in [2.75, 3.05) is 31.6 Å². The van der Waals surface area contributed by atoms with Crippen LogP contribution in [0.4, 0.5) is 5.13 Å². The van der Waals surface area contributed by atoms with Crippen LogP contribution in [0.1, 0.15) is 63.7 Å². The van der Waals surface area contributed by atoms with Gasteiger partial charge in [-0.15, -0.1) is 0 Å². The van der Waals surface area contributed by atoms with Crippen molar-refractivity contribution in [1.82, 2.24) is 9.29 Å². The summed E-state index contributed by atoms with van der Waals surface area (Å²) >= 11 is 1.24. The zero-order chi connectivity index (χ0) is 26.1. The van der Waals surface area contributed by atoms with Crippen molar-refractivity contribution in [3.8, 4) is 11.5 Å². The van der Waals surface area contributed by atoms with E-state index in [9.17, 15) is 13.2 Å². The van der Waals surface area contributed by atoms with E-state index in [1.54, 1.807) is 40.7 Å². The Hall–Kier alpha value is -2.69. The van der Waals surface area contributed by atoms with Gasteiger partial charge >= 0.3 is 0 Å². The van der Waals surface area contributed by atoms with Gasteiger partial charge in [-0.25, -0.2) is 13.4 Å². The standard InChI is InChI=1S/C26H35N3O5S2/c1-5-9-15-29(16-10-6-2)36(31,32)20-12-13-21-24(18-20)35-26(27-21)28-25(30)19-11-14-22(33-7-3)23(17-19)34-8-4/h11-14,17-18H,5-10,15-16H2,1-4H3,(H,27,28,30). The van der Waals surface area contributed by atoms with Crippen LogP contribution >= 0.6 is 11.3 Å². The Balaban J connectivity index is 1.82. The molecule has 0 saturated carbocycles. The predicted molar refractivity (Wildman–Crippen MR) is 145 cm³/mol. The van der Waals surface area contributed by atoms with E-state index in [0.29, 0.717) is 58.7 Å². The van der Waals surface area contributed by atoms with Gasteiger partial charge in [0, 0.05) is 18.7 Å². The first-order chi connectivity index (χ1) is 17.3. The molecule has 0 spiro atoms. The zero-order valence-electron chi connectivity index (χ0n) is 21.4. The molecule has 0 radical (unpaired) electrons. The molecular weight excluding hydrogens is 498 g/mol. The third-order valence-electron chi connectivity index (χ3n) is 5.55. The molecule has 0 bridgehead atoms. The van der Waals surface area contributed by atoms with Crippen molar-refractivity contribution >= 4 is 42.6 Å². The van der Waals surface area contributed by atoms with Crippen molar-refractivity contribution in [1.29, 1.82) is 0 Å². The molecule has 3 rings (SSSR count). The molecule has 10 heteroatoms. The number of hydrogen-bond acceptors (Lipinski definition) is 7. The fraction of sp³-hybridized carbons (Fsp3) is 0.462. The number of aromatic nitrogens is 1. The number of carbonyl (C=O) groups excluding carboxylic acids is 1. The minimum absolute atomic E-state index is 0.247. The molecule has 1 aromatic heterocycles. The Morgan fingerprint density at radius 1 is 0.944 bits per heavy atom. The first-order valence-corrected chi connectivity index (χ1v) is 14.7. The molecule has 0 saturated heterocycles. The maximum absolute atomic E-state index is 13.3. The van der Waals surface area contributed by atoms with Crippen LogP contribution in [0.15, 0.2) is 41.3 Å². The molecule has 36 heavy (non-hydrogen) atoms. The summed E-state index contributed by atoms with van der Waals surface area (Å²) in [5, 5.41) is 3.21. The summed E-state index contributed by atoms with van der Waals surface area (Å²) in [4.78, 5) is 17.6. The van der Waals surface area contributed by atoms with Crippen LogP contribution in [0.25, 0.3) is 10.2 Å². The smallest absolute Gasteiger partial charge is 0.257 e. The molecule has 1 heterocycles. The predicted octanol–water partition coefficient (Wildman–Crippen LogP) is 5.94. The number of hydrogen-bond donors (Lipinski definition) is 1. The summed E-state index contributed by atoms with van der Waals surface area (Å²) in [6.07, 6.45) is 3.49. The number of rotatable bonds is 14. The van der Waals surface area contributed by atoms with Gasteiger partial charge in [0.15, 0.2) is 16.6 Å². The molecule has 0 fully saturated rings. The lowest BCUT2D eigenvalue weighted by Gasteiger charge is -2.21. The van der Waals surface area contributed by atoms with Gasteiger partial charge < -0.3 is 9.47 Å². The molecule has 196 valence electrons. The lowest BCUT2D eigenvalue weighted by atomic mass is 10.2. The number of fused-ring (bicyclic) bond motifs is 1. The minimum atomic E-state index is -3.61. The second kappa shape index (κ2) is 13.0. The van der Waals surface area contributed by atoms with Gasteiger partial charge in [-0.3, -0.25) is 10.1 Å². The summed E-state index contributed by atoms with van der Waals surface area (Å²) < 4.78 is 40.1. The van der Waals surface area contributed by atoms with E-state index in [4.69, 9.17) is 9.47 Å².